The number of rotatable bonds is 0. The lowest BCUT2D eigenvalue weighted by Crippen LogP contribution is -2.68. The van der Waals surface area contributed by atoms with Crippen LogP contribution in [0.5, 0.6) is 0 Å². The Morgan fingerprint density at radius 1 is 0.864 bits per heavy atom. The molecule has 0 saturated carbocycles. The summed E-state index contributed by atoms with van der Waals surface area (Å²) in [5.74, 6) is 0. The minimum Gasteiger partial charge on any atom is -0.222 e. The SMILES string of the molecule is C[n+]1c2ccccc2c(C#N)c2ccccc21.[O-][Cl+3]([O-])([O-])[O-]. The van der Waals surface area contributed by atoms with Crippen molar-refractivity contribution in [2.24, 2.45) is 7.05 Å². The van der Waals surface area contributed by atoms with Crippen LogP contribution in [0.2, 0.25) is 0 Å². The molecule has 1 heterocycles. The highest BCUT2D eigenvalue weighted by Gasteiger charge is 2.16. The molecule has 3 rings (SSSR count). The Morgan fingerprint density at radius 2 is 1.23 bits per heavy atom. The van der Waals surface area contributed by atoms with E-state index in [1.54, 1.807) is 0 Å². The van der Waals surface area contributed by atoms with Crippen LogP contribution in [0.1, 0.15) is 5.56 Å². The van der Waals surface area contributed by atoms with Gasteiger partial charge in [0.25, 0.3) is 0 Å². The van der Waals surface area contributed by atoms with Crippen molar-refractivity contribution in [1.82, 2.24) is 0 Å². The summed E-state index contributed by atoms with van der Waals surface area (Å²) in [6.45, 7) is 0. The Balaban J connectivity index is 0.000000309. The summed E-state index contributed by atoms with van der Waals surface area (Å²) in [7, 11) is -2.91. The second kappa shape index (κ2) is 6.23. The van der Waals surface area contributed by atoms with E-state index >= 15 is 0 Å². The Hall–Kier alpha value is -2.27. The largest absolute Gasteiger partial charge is 0.222 e. The molecule has 112 valence electrons. The molecule has 3 aromatic rings. The monoisotopic (exact) mass is 318 g/mol. The van der Waals surface area contributed by atoms with Gasteiger partial charge in [-0.3, -0.25) is 0 Å². The Morgan fingerprint density at radius 3 is 1.59 bits per heavy atom. The van der Waals surface area contributed by atoms with Gasteiger partial charge < -0.3 is 0 Å². The zero-order valence-electron chi connectivity index (χ0n) is 11.5. The zero-order chi connectivity index (χ0) is 16.3. The fourth-order valence-corrected chi connectivity index (χ4v) is 2.35. The maximum atomic E-state index is 9.37. The van der Waals surface area contributed by atoms with E-state index in [1.807, 2.05) is 55.6 Å². The van der Waals surface area contributed by atoms with Gasteiger partial charge in [0, 0.05) is 12.1 Å². The highest BCUT2D eigenvalue weighted by molar-refractivity contribution is 5.96. The number of hydrogen-bond donors (Lipinski definition) is 0. The highest BCUT2D eigenvalue weighted by Crippen LogP contribution is 2.23. The van der Waals surface area contributed by atoms with Gasteiger partial charge in [0.05, 0.1) is 16.3 Å². The third-order valence-corrected chi connectivity index (χ3v) is 3.18. The van der Waals surface area contributed by atoms with E-state index in [1.165, 1.54) is 0 Å². The van der Waals surface area contributed by atoms with Crippen molar-refractivity contribution >= 4 is 21.8 Å². The molecule has 0 aliphatic rings. The quantitative estimate of drug-likeness (QED) is 0.348. The van der Waals surface area contributed by atoms with Crippen molar-refractivity contribution in [3.63, 3.8) is 0 Å². The van der Waals surface area contributed by atoms with Gasteiger partial charge in [-0.1, -0.05) is 24.3 Å². The molecule has 0 radical (unpaired) electrons. The lowest BCUT2D eigenvalue weighted by molar-refractivity contribution is -2.00. The van der Waals surface area contributed by atoms with E-state index in [0.29, 0.717) is 0 Å². The van der Waals surface area contributed by atoms with Gasteiger partial charge in [-0.25, -0.2) is 18.6 Å². The third-order valence-electron chi connectivity index (χ3n) is 3.18. The predicted molar refractivity (Wildman–Crippen MR) is 67.3 cm³/mol. The summed E-state index contributed by atoms with van der Waals surface area (Å²) < 4.78 is 36.1. The topological polar surface area (TPSA) is 120 Å². The molecule has 0 spiro atoms. The van der Waals surface area contributed by atoms with Crippen LogP contribution in [0.15, 0.2) is 48.5 Å². The van der Waals surface area contributed by atoms with E-state index < -0.39 is 10.2 Å². The number of nitriles is 1. The van der Waals surface area contributed by atoms with Gasteiger partial charge >= 0.3 is 0 Å². The Kier molecular flexibility index (Phi) is 4.56. The van der Waals surface area contributed by atoms with Gasteiger partial charge in [-0.15, -0.1) is 10.2 Å². The number of pyridine rings is 1. The highest BCUT2D eigenvalue weighted by atomic mass is 35.7. The Labute approximate surface area is 128 Å². The number of para-hydroxylation sites is 2. The van der Waals surface area contributed by atoms with Gasteiger partial charge in [0.15, 0.2) is 0 Å². The standard InChI is InChI=1S/C15H11N2.ClHO4/c1-17-14-8-4-2-6-11(14)13(10-16)12-7-3-5-9-15(12)17;2-1(3,4)5/h2-9H,1H3;(H,2,3,4,5)/q+1;/p-1. The molecule has 0 fully saturated rings. The van der Waals surface area contributed by atoms with Crippen molar-refractivity contribution in [3.8, 4) is 6.07 Å². The van der Waals surface area contributed by atoms with Crippen LogP contribution in [0, 0.1) is 21.6 Å². The summed E-state index contributed by atoms with van der Waals surface area (Å²) in [5.41, 5.74) is 2.93. The van der Waals surface area contributed by atoms with Crippen molar-refractivity contribution in [2.75, 3.05) is 0 Å². The third kappa shape index (κ3) is 3.49. The molecule has 2 aromatic carbocycles. The first-order valence-electron chi connectivity index (χ1n) is 6.14. The van der Waals surface area contributed by atoms with E-state index in [-0.39, 0.29) is 0 Å². The molecule has 0 aliphatic heterocycles. The van der Waals surface area contributed by atoms with Crippen LogP contribution in [-0.4, -0.2) is 0 Å². The van der Waals surface area contributed by atoms with Gasteiger partial charge in [0.2, 0.25) is 11.0 Å². The second-order valence-electron chi connectivity index (χ2n) is 4.46. The maximum Gasteiger partial charge on any atom is 0.214 e. The fraction of sp³-hybridized carbons (Fsp3) is 0.0667. The molecular weight excluding hydrogens is 308 g/mol. The van der Waals surface area contributed by atoms with E-state index in [0.717, 1.165) is 27.4 Å². The minimum absolute atomic E-state index is 0.759. The molecule has 0 bridgehead atoms. The molecule has 0 saturated heterocycles. The number of benzene rings is 2. The number of fused-ring (bicyclic) bond motifs is 2. The molecule has 0 amide bonds. The van der Waals surface area contributed by atoms with Crippen molar-refractivity contribution in [1.29, 1.82) is 5.26 Å². The molecule has 7 heteroatoms. The molecule has 22 heavy (non-hydrogen) atoms. The summed E-state index contributed by atoms with van der Waals surface area (Å²) in [5, 5.41) is 11.4. The van der Waals surface area contributed by atoms with Crippen LogP contribution >= 0.6 is 0 Å². The summed E-state index contributed by atoms with van der Waals surface area (Å²) in [4.78, 5) is 0. The van der Waals surface area contributed by atoms with Crippen LogP contribution in [0.25, 0.3) is 21.8 Å². The minimum atomic E-state index is -4.94. The predicted octanol–water partition coefficient (Wildman–Crippen LogP) is -2.07. The molecule has 0 unspecified atom stereocenters. The van der Waals surface area contributed by atoms with Gasteiger partial charge in [-0.2, -0.15) is 9.83 Å². The molecule has 0 atom stereocenters. The van der Waals surface area contributed by atoms with Crippen molar-refractivity contribution in [3.05, 3.63) is 54.1 Å². The van der Waals surface area contributed by atoms with E-state index in [9.17, 15) is 5.26 Å². The van der Waals surface area contributed by atoms with E-state index in [4.69, 9.17) is 18.6 Å². The number of nitrogens with zero attached hydrogens (tertiary/aromatic N) is 2. The van der Waals surface area contributed by atoms with Crippen molar-refractivity contribution < 1.29 is 33.4 Å². The number of aryl methyl sites for hydroxylation is 1. The summed E-state index contributed by atoms with van der Waals surface area (Å²) >= 11 is 0. The maximum absolute atomic E-state index is 9.37. The molecule has 0 N–H and O–H groups in total. The first kappa shape index (κ1) is 16.1. The average molecular weight is 319 g/mol. The molecular formula is C15H11ClN2O4. The molecule has 1 aromatic heterocycles. The van der Waals surface area contributed by atoms with Crippen LogP contribution in [-0.2, 0) is 7.05 Å². The summed E-state index contributed by atoms with van der Waals surface area (Å²) in [6, 6.07) is 18.4. The van der Waals surface area contributed by atoms with Crippen LogP contribution in [0.4, 0.5) is 0 Å². The van der Waals surface area contributed by atoms with E-state index in [2.05, 4.69) is 10.6 Å². The number of aromatic nitrogens is 1. The van der Waals surface area contributed by atoms with Gasteiger partial charge in [0.1, 0.15) is 13.1 Å². The fourth-order valence-electron chi connectivity index (χ4n) is 2.35. The molecule has 6 nitrogen and oxygen atoms in total. The van der Waals surface area contributed by atoms with Gasteiger partial charge in [-0.05, 0) is 12.1 Å². The zero-order valence-corrected chi connectivity index (χ0v) is 12.3. The summed E-state index contributed by atoms with van der Waals surface area (Å²) in [6.07, 6.45) is 0. The first-order valence-corrected chi connectivity index (χ1v) is 7.37. The normalized spacial score (nSPS) is 10.9. The Bertz CT molecular complexity index is 806. The second-order valence-corrected chi connectivity index (χ2v) is 5.21. The average Bonchev–Trinajstić information content (AvgIpc) is 2.46. The van der Waals surface area contributed by atoms with Crippen LogP contribution in [0.3, 0.4) is 0 Å². The van der Waals surface area contributed by atoms with Crippen molar-refractivity contribution in [2.45, 2.75) is 0 Å². The lowest BCUT2D eigenvalue weighted by Gasteiger charge is -2.17. The lowest BCUT2D eigenvalue weighted by atomic mass is 10.0. The van der Waals surface area contributed by atoms with Crippen LogP contribution < -0.4 is 23.2 Å². The number of hydrogen-bond acceptors (Lipinski definition) is 5. The number of halogens is 1. The smallest absolute Gasteiger partial charge is 0.214 e. The molecule has 0 aliphatic carbocycles. The first-order chi connectivity index (χ1) is 10.3.